The molecule has 2 N–H and O–H groups in total. The summed E-state index contributed by atoms with van der Waals surface area (Å²) in [5, 5.41) is 12.6. The van der Waals surface area contributed by atoms with Crippen molar-refractivity contribution in [1.82, 2.24) is 19.7 Å². The second kappa shape index (κ2) is 7.23. The molecule has 0 aliphatic carbocycles. The van der Waals surface area contributed by atoms with Crippen LogP contribution >= 0.6 is 0 Å². The molecule has 6 heteroatoms. The molecule has 1 aromatic carbocycles. The van der Waals surface area contributed by atoms with Crippen molar-refractivity contribution in [3.63, 3.8) is 0 Å². The minimum absolute atomic E-state index is 0.0466. The second-order valence-electron chi connectivity index (χ2n) is 5.86. The number of amides is 1. The molecule has 0 radical (unpaired) electrons. The Hall–Kier alpha value is -2.73. The van der Waals surface area contributed by atoms with Gasteiger partial charge in [-0.05, 0) is 25.0 Å². The molecule has 3 rings (SSSR count). The highest BCUT2D eigenvalue weighted by Crippen LogP contribution is 2.20. The monoisotopic (exact) mass is 324 g/mol. The molecule has 0 saturated carbocycles. The van der Waals surface area contributed by atoms with Crippen LogP contribution in [0.3, 0.4) is 0 Å². The second-order valence-corrected chi connectivity index (χ2v) is 5.86. The zero-order valence-corrected chi connectivity index (χ0v) is 13.5. The van der Waals surface area contributed by atoms with Gasteiger partial charge in [0.25, 0.3) is 5.91 Å². The number of aliphatic hydroxyl groups excluding tert-OH is 1. The Kier molecular flexibility index (Phi) is 4.86. The highest BCUT2D eigenvalue weighted by atomic mass is 16.3. The maximum Gasteiger partial charge on any atom is 0.271 e. The van der Waals surface area contributed by atoms with Crippen molar-refractivity contribution in [2.75, 3.05) is 6.54 Å². The molecule has 24 heavy (non-hydrogen) atoms. The molecule has 6 nitrogen and oxygen atoms in total. The fraction of sp³-hybridized carbons (Fsp3) is 0.278. The number of benzene rings is 1. The Morgan fingerprint density at radius 3 is 2.79 bits per heavy atom. The van der Waals surface area contributed by atoms with Crippen LogP contribution in [0.15, 0.2) is 55.0 Å². The first-order valence-corrected chi connectivity index (χ1v) is 7.94. The lowest BCUT2D eigenvalue weighted by Crippen LogP contribution is -2.30. The predicted octanol–water partition coefficient (Wildman–Crippen LogP) is 2.01. The van der Waals surface area contributed by atoms with Crippen molar-refractivity contribution in [3.05, 3.63) is 66.2 Å². The Morgan fingerprint density at radius 2 is 2.08 bits per heavy atom. The van der Waals surface area contributed by atoms with Crippen molar-refractivity contribution >= 4 is 11.7 Å². The smallest absolute Gasteiger partial charge is 0.271 e. The zero-order valence-electron chi connectivity index (χ0n) is 13.5. The molecule has 0 spiro atoms. The van der Waals surface area contributed by atoms with E-state index in [1.807, 2.05) is 30.3 Å². The van der Waals surface area contributed by atoms with E-state index in [9.17, 15) is 9.90 Å². The number of aliphatic hydroxyl groups is 1. The maximum atomic E-state index is 12.4. The summed E-state index contributed by atoms with van der Waals surface area (Å²) in [6.45, 7) is 2.20. The van der Waals surface area contributed by atoms with E-state index in [1.165, 1.54) is 0 Å². The lowest BCUT2D eigenvalue weighted by atomic mass is 9.93. The Bertz CT molecular complexity index is 781. The first-order chi connectivity index (χ1) is 11.6. The normalized spacial score (nSPS) is 13.6. The summed E-state index contributed by atoms with van der Waals surface area (Å²) < 4.78 is 1.71. The van der Waals surface area contributed by atoms with Gasteiger partial charge in [-0.25, -0.2) is 9.97 Å². The highest BCUT2D eigenvalue weighted by Gasteiger charge is 2.17. The number of rotatable bonds is 6. The number of aromatic nitrogens is 3. The lowest BCUT2D eigenvalue weighted by Gasteiger charge is -2.19. The van der Waals surface area contributed by atoms with Gasteiger partial charge >= 0.3 is 0 Å². The number of carbonyl (C=O) groups excluding carboxylic acids is 1. The van der Waals surface area contributed by atoms with Gasteiger partial charge in [-0.15, -0.1) is 0 Å². The third kappa shape index (κ3) is 3.78. The van der Waals surface area contributed by atoms with Gasteiger partial charge in [-0.2, -0.15) is 0 Å². The minimum Gasteiger partial charge on any atom is -0.393 e. The molecule has 2 atom stereocenters. The number of fused-ring (bicyclic) bond motifs is 1. The van der Waals surface area contributed by atoms with Crippen LogP contribution in [-0.4, -0.2) is 38.0 Å². The molecule has 2 aromatic heterocycles. The van der Waals surface area contributed by atoms with E-state index in [0.29, 0.717) is 24.4 Å². The molecule has 0 saturated heterocycles. The molecular formula is C18H20N4O2. The lowest BCUT2D eigenvalue weighted by molar-refractivity contribution is 0.0941. The van der Waals surface area contributed by atoms with E-state index in [2.05, 4.69) is 15.3 Å². The van der Waals surface area contributed by atoms with Crippen molar-refractivity contribution < 1.29 is 9.90 Å². The van der Waals surface area contributed by atoms with Gasteiger partial charge in [-0.3, -0.25) is 9.20 Å². The van der Waals surface area contributed by atoms with E-state index in [0.717, 1.165) is 5.56 Å². The third-order valence-electron chi connectivity index (χ3n) is 3.87. The zero-order chi connectivity index (χ0) is 16.9. The summed E-state index contributed by atoms with van der Waals surface area (Å²) in [5.74, 6) is 0.295. The van der Waals surface area contributed by atoms with Crippen molar-refractivity contribution in [3.8, 4) is 0 Å². The van der Waals surface area contributed by atoms with Gasteiger partial charge in [0.15, 0.2) is 0 Å². The number of hydrogen-bond acceptors (Lipinski definition) is 4. The van der Waals surface area contributed by atoms with Crippen molar-refractivity contribution in [2.24, 2.45) is 0 Å². The molecule has 0 fully saturated rings. The first-order valence-electron chi connectivity index (χ1n) is 7.94. The molecule has 0 aliphatic rings. The number of carbonyl (C=O) groups is 1. The Balaban J connectivity index is 1.70. The van der Waals surface area contributed by atoms with Gasteiger partial charge in [0.2, 0.25) is 5.78 Å². The van der Waals surface area contributed by atoms with Crippen molar-refractivity contribution in [1.29, 1.82) is 0 Å². The van der Waals surface area contributed by atoms with Crippen molar-refractivity contribution in [2.45, 2.75) is 25.4 Å². The Morgan fingerprint density at radius 1 is 1.29 bits per heavy atom. The number of nitrogens with zero attached hydrogens (tertiary/aromatic N) is 3. The maximum absolute atomic E-state index is 12.4. The largest absolute Gasteiger partial charge is 0.393 e. The van der Waals surface area contributed by atoms with Crippen LogP contribution in [0.5, 0.6) is 0 Å². The average molecular weight is 324 g/mol. The van der Waals surface area contributed by atoms with Crippen LogP contribution in [0.25, 0.3) is 5.78 Å². The molecule has 2 unspecified atom stereocenters. The predicted molar refractivity (Wildman–Crippen MR) is 90.8 cm³/mol. The number of nitrogens with one attached hydrogen (secondary N) is 1. The molecular weight excluding hydrogens is 304 g/mol. The van der Waals surface area contributed by atoms with E-state index >= 15 is 0 Å². The summed E-state index contributed by atoms with van der Waals surface area (Å²) >= 11 is 0. The first kappa shape index (κ1) is 16.1. The summed E-state index contributed by atoms with van der Waals surface area (Å²) in [7, 11) is 0. The fourth-order valence-electron chi connectivity index (χ4n) is 2.72. The highest BCUT2D eigenvalue weighted by molar-refractivity contribution is 5.92. The van der Waals surface area contributed by atoms with Gasteiger partial charge < -0.3 is 10.4 Å². The quantitative estimate of drug-likeness (QED) is 0.727. The summed E-state index contributed by atoms with van der Waals surface area (Å²) in [4.78, 5) is 20.7. The van der Waals surface area contributed by atoms with E-state index < -0.39 is 6.10 Å². The topological polar surface area (TPSA) is 79.5 Å². The van der Waals surface area contributed by atoms with Crippen LogP contribution in [0, 0.1) is 0 Å². The van der Waals surface area contributed by atoms with E-state index in [1.54, 1.807) is 36.0 Å². The molecule has 1 amide bonds. The third-order valence-corrected chi connectivity index (χ3v) is 3.87. The van der Waals surface area contributed by atoms with Gasteiger partial charge in [-0.1, -0.05) is 30.3 Å². The molecule has 2 heterocycles. The van der Waals surface area contributed by atoms with Crippen LogP contribution in [0.2, 0.25) is 0 Å². The number of imidazole rings is 1. The summed E-state index contributed by atoms with van der Waals surface area (Å²) in [6.07, 6.45) is 5.23. The Labute approximate surface area is 140 Å². The van der Waals surface area contributed by atoms with Crippen LogP contribution in [0.4, 0.5) is 0 Å². The van der Waals surface area contributed by atoms with Crippen LogP contribution in [-0.2, 0) is 0 Å². The van der Waals surface area contributed by atoms with Crippen LogP contribution < -0.4 is 5.32 Å². The molecule has 0 aliphatic heterocycles. The van der Waals surface area contributed by atoms with Gasteiger partial charge in [0.1, 0.15) is 5.69 Å². The van der Waals surface area contributed by atoms with E-state index in [-0.39, 0.29) is 11.8 Å². The molecule has 3 aromatic rings. The average Bonchev–Trinajstić information content (AvgIpc) is 3.03. The SMILES string of the molecule is CC(O)CC(CNC(=O)c1cn2cccnc2n1)c1ccccc1. The molecule has 124 valence electrons. The fourth-order valence-corrected chi connectivity index (χ4v) is 2.72. The van der Waals surface area contributed by atoms with Gasteiger partial charge in [0.05, 0.1) is 6.10 Å². The minimum atomic E-state index is -0.438. The number of hydrogen-bond donors (Lipinski definition) is 2. The standard InChI is InChI=1S/C18H20N4O2/c1-13(23)10-15(14-6-3-2-4-7-14)11-20-17(24)16-12-22-9-5-8-19-18(22)21-16/h2-9,12-13,15,23H,10-11H2,1H3,(H,20,24). The van der Waals surface area contributed by atoms with Crippen LogP contribution in [0.1, 0.15) is 35.3 Å². The van der Waals surface area contributed by atoms with Gasteiger partial charge in [0, 0.05) is 31.1 Å². The summed E-state index contributed by atoms with van der Waals surface area (Å²) in [6, 6.07) is 11.7. The van der Waals surface area contributed by atoms with E-state index in [4.69, 9.17) is 0 Å². The summed E-state index contributed by atoms with van der Waals surface area (Å²) in [5.41, 5.74) is 1.42. The molecule has 0 bridgehead atoms.